The molecule has 6 heteroatoms. The van der Waals surface area contributed by atoms with E-state index < -0.39 is 0 Å². The molecule has 11 aromatic rings. The predicted molar refractivity (Wildman–Crippen MR) is 208 cm³/mol. The predicted octanol–water partition coefficient (Wildman–Crippen LogP) is 12.8. The molecule has 0 saturated carbocycles. The lowest BCUT2D eigenvalue weighted by Crippen LogP contribution is -2.01. The normalized spacial score (nSPS) is 12.0. The zero-order valence-corrected chi connectivity index (χ0v) is 27.6. The summed E-state index contributed by atoms with van der Waals surface area (Å²) in [5.74, 6) is 1.67. The van der Waals surface area contributed by atoms with Gasteiger partial charge in [-0.1, -0.05) is 115 Å². The van der Waals surface area contributed by atoms with Crippen molar-refractivity contribution in [3.8, 4) is 34.2 Å². The number of halogens is 1. The first kappa shape index (κ1) is 28.3. The molecule has 8 aromatic carbocycles. The minimum Gasteiger partial charge on any atom is -0.456 e. The van der Waals surface area contributed by atoms with Crippen molar-refractivity contribution in [2.24, 2.45) is 0 Å². The smallest absolute Gasteiger partial charge is 0.164 e. The number of nitrogens with zero attached hydrogens (tertiary/aromatic N) is 3. The van der Waals surface area contributed by atoms with Crippen molar-refractivity contribution in [2.45, 2.75) is 0 Å². The summed E-state index contributed by atoms with van der Waals surface area (Å²) in [4.78, 5) is 15.6. The number of para-hydroxylation sites is 1. The Morgan fingerprint density at radius 1 is 0.373 bits per heavy atom. The highest BCUT2D eigenvalue weighted by molar-refractivity contribution is 6.32. The summed E-state index contributed by atoms with van der Waals surface area (Å²) in [5.41, 5.74) is 5.67. The lowest BCUT2D eigenvalue weighted by atomic mass is 9.96. The van der Waals surface area contributed by atoms with Crippen molar-refractivity contribution in [1.29, 1.82) is 0 Å². The quantitative estimate of drug-likeness (QED) is 0.175. The van der Waals surface area contributed by atoms with Crippen LogP contribution in [0.15, 0.2) is 154 Å². The molecule has 51 heavy (non-hydrogen) atoms. The number of furan rings is 2. The van der Waals surface area contributed by atoms with Crippen molar-refractivity contribution in [3.05, 3.63) is 151 Å². The van der Waals surface area contributed by atoms with E-state index in [-0.39, 0.29) is 0 Å². The summed E-state index contributed by atoms with van der Waals surface area (Å²) in [6.07, 6.45) is 0. The van der Waals surface area contributed by atoms with Crippen LogP contribution in [0, 0.1) is 0 Å². The van der Waals surface area contributed by atoms with Crippen molar-refractivity contribution in [3.63, 3.8) is 0 Å². The van der Waals surface area contributed by atoms with Crippen LogP contribution >= 0.6 is 11.6 Å². The fourth-order valence-electron chi connectivity index (χ4n) is 7.65. The van der Waals surface area contributed by atoms with E-state index in [0.29, 0.717) is 22.5 Å². The summed E-state index contributed by atoms with van der Waals surface area (Å²) >= 11 is 6.51. The summed E-state index contributed by atoms with van der Waals surface area (Å²) in [5, 5.41) is 11.5. The first-order chi connectivity index (χ1) is 25.2. The van der Waals surface area contributed by atoms with Gasteiger partial charge in [0.15, 0.2) is 17.5 Å². The van der Waals surface area contributed by atoms with Gasteiger partial charge in [0, 0.05) is 43.3 Å². The van der Waals surface area contributed by atoms with E-state index in [1.165, 1.54) is 21.5 Å². The van der Waals surface area contributed by atoms with E-state index in [0.717, 1.165) is 71.3 Å². The molecule has 0 amide bonds. The van der Waals surface area contributed by atoms with Gasteiger partial charge < -0.3 is 8.83 Å². The fraction of sp³-hybridized carbons (Fsp3) is 0. The van der Waals surface area contributed by atoms with Gasteiger partial charge >= 0.3 is 0 Å². The van der Waals surface area contributed by atoms with E-state index >= 15 is 0 Å². The Balaban J connectivity index is 1.21. The van der Waals surface area contributed by atoms with Crippen LogP contribution < -0.4 is 0 Å². The number of hydrogen-bond donors (Lipinski definition) is 0. The minimum absolute atomic E-state index is 0.539. The van der Waals surface area contributed by atoms with Crippen LogP contribution in [-0.4, -0.2) is 15.0 Å². The van der Waals surface area contributed by atoms with Crippen molar-refractivity contribution in [2.75, 3.05) is 0 Å². The Labute approximate surface area is 295 Å². The number of aromatic nitrogens is 3. The van der Waals surface area contributed by atoms with Gasteiger partial charge in [0.2, 0.25) is 0 Å². The van der Waals surface area contributed by atoms with E-state index in [1.807, 2.05) is 66.7 Å². The molecule has 5 nitrogen and oxygen atoms in total. The van der Waals surface area contributed by atoms with Gasteiger partial charge in [-0.15, -0.1) is 0 Å². The first-order valence-corrected chi connectivity index (χ1v) is 17.2. The third-order valence-electron chi connectivity index (χ3n) is 9.98. The van der Waals surface area contributed by atoms with Crippen LogP contribution in [0.25, 0.3) is 110 Å². The molecule has 3 aromatic heterocycles. The molecule has 0 aliphatic rings. The summed E-state index contributed by atoms with van der Waals surface area (Å²) in [6, 6.07) is 49.6. The summed E-state index contributed by atoms with van der Waals surface area (Å²) in [7, 11) is 0. The van der Waals surface area contributed by atoms with E-state index in [9.17, 15) is 0 Å². The number of fused-ring (bicyclic) bond motifs is 11. The zero-order valence-electron chi connectivity index (χ0n) is 26.9. The molecule has 0 atom stereocenters. The van der Waals surface area contributed by atoms with Gasteiger partial charge in [-0.25, -0.2) is 15.0 Å². The van der Waals surface area contributed by atoms with Gasteiger partial charge in [0.1, 0.15) is 22.3 Å². The molecular formula is C45H24ClN3O2. The van der Waals surface area contributed by atoms with Crippen molar-refractivity contribution in [1.82, 2.24) is 15.0 Å². The Hall–Kier alpha value is -6.56. The highest BCUT2D eigenvalue weighted by Gasteiger charge is 2.21. The summed E-state index contributed by atoms with van der Waals surface area (Å²) < 4.78 is 12.5. The third kappa shape index (κ3) is 4.32. The van der Waals surface area contributed by atoms with Gasteiger partial charge in [-0.3, -0.25) is 0 Å². The number of rotatable bonds is 3. The molecule has 11 rings (SSSR count). The zero-order chi connectivity index (χ0) is 33.6. The molecule has 0 bridgehead atoms. The molecule has 0 radical (unpaired) electrons. The second-order valence-corrected chi connectivity index (χ2v) is 13.3. The first-order valence-electron chi connectivity index (χ1n) is 16.8. The third-order valence-corrected chi connectivity index (χ3v) is 10.2. The topological polar surface area (TPSA) is 65.0 Å². The molecule has 238 valence electrons. The Bertz CT molecular complexity index is 3230. The highest BCUT2D eigenvalue weighted by Crippen LogP contribution is 2.40. The van der Waals surface area contributed by atoms with Gasteiger partial charge in [-0.05, 0) is 74.8 Å². The summed E-state index contributed by atoms with van der Waals surface area (Å²) in [6.45, 7) is 0. The van der Waals surface area contributed by atoms with Crippen LogP contribution in [0.5, 0.6) is 0 Å². The molecule has 0 spiro atoms. The molecule has 0 saturated heterocycles. The maximum absolute atomic E-state index is 6.51. The van der Waals surface area contributed by atoms with E-state index in [4.69, 9.17) is 35.4 Å². The maximum atomic E-state index is 6.51. The SMILES string of the molecule is Clc1ccc2oc3cccc(-c4nc(-c5ccc6ccc7c8ccccc8ccc7c6c5)nc(-c5cccc6oc7ccccc7c56)n4)c3c2c1. The molecule has 0 aliphatic heterocycles. The lowest BCUT2D eigenvalue weighted by molar-refractivity contribution is 0.668. The molecule has 0 aliphatic carbocycles. The van der Waals surface area contributed by atoms with Crippen molar-refractivity contribution < 1.29 is 8.83 Å². The molecule has 0 fully saturated rings. The minimum atomic E-state index is 0.539. The Kier molecular flexibility index (Phi) is 5.95. The average Bonchev–Trinajstić information content (AvgIpc) is 3.75. The Morgan fingerprint density at radius 3 is 1.71 bits per heavy atom. The van der Waals surface area contributed by atoms with E-state index in [2.05, 4.69) is 78.9 Å². The second kappa shape index (κ2) is 10.7. The van der Waals surface area contributed by atoms with Gasteiger partial charge in [-0.2, -0.15) is 0 Å². The molecule has 0 unspecified atom stereocenters. The van der Waals surface area contributed by atoms with Crippen molar-refractivity contribution >= 4 is 87.8 Å². The average molecular weight is 674 g/mol. The van der Waals surface area contributed by atoms with Crippen LogP contribution in [0.1, 0.15) is 0 Å². The maximum Gasteiger partial charge on any atom is 0.164 e. The van der Waals surface area contributed by atoms with E-state index in [1.54, 1.807) is 0 Å². The van der Waals surface area contributed by atoms with Gasteiger partial charge in [0.05, 0.1) is 0 Å². The molecule has 3 heterocycles. The van der Waals surface area contributed by atoms with Crippen LogP contribution in [-0.2, 0) is 0 Å². The van der Waals surface area contributed by atoms with Gasteiger partial charge in [0.25, 0.3) is 0 Å². The monoisotopic (exact) mass is 673 g/mol. The second-order valence-electron chi connectivity index (χ2n) is 12.9. The van der Waals surface area contributed by atoms with Crippen LogP contribution in [0.3, 0.4) is 0 Å². The van der Waals surface area contributed by atoms with Crippen LogP contribution in [0.4, 0.5) is 0 Å². The highest BCUT2D eigenvalue weighted by atomic mass is 35.5. The Morgan fingerprint density at radius 2 is 0.941 bits per heavy atom. The van der Waals surface area contributed by atoms with Crippen LogP contribution in [0.2, 0.25) is 5.02 Å². The fourth-order valence-corrected chi connectivity index (χ4v) is 7.82. The largest absolute Gasteiger partial charge is 0.456 e. The standard InChI is InChI=1S/C45H24ClN3O2/c46-28-19-22-38-36(24-28)42-34(11-6-14-40(42)51-38)45-48-43(47-44(49-45)33-10-5-13-39-41(33)32-9-3-4-12-37(32)50-39)27-16-15-26-18-20-30-29-8-2-1-7-25(29)17-21-31(30)35(26)23-27/h1-24H. The molecule has 0 N–H and O–H groups in total. The molecular weight excluding hydrogens is 650 g/mol. The number of benzene rings is 8. The number of hydrogen-bond acceptors (Lipinski definition) is 5. The lowest BCUT2D eigenvalue weighted by Gasteiger charge is -2.12.